The number of halogens is 3. The van der Waals surface area contributed by atoms with Crippen molar-refractivity contribution in [3.8, 4) is 0 Å². The SMILES string of the molecule is NC(=O)c1ccccc1NC(=O)c1c[nH]c2c(C(F)(F)F)cccc2c1=O. The predicted molar refractivity (Wildman–Crippen MR) is 92.5 cm³/mol. The minimum atomic E-state index is -4.66. The van der Waals surface area contributed by atoms with Crippen molar-refractivity contribution in [2.24, 2.45) is 5.73 Å². The Kier molecular flexibility index (Phi) is 4.44. The summed E-state index contributed by atoms with van der Waals surface area (Å²) >= 11 is 0. The number of pyridine rings is 1. The second-order valence-electron chi connectivity index (χ2n) is 5.62. The van der Waals surface area contributed by atoms with E-state index in [2.05, 4.69) is 10.3 Å². The van der Waals surface area contributed by atoms with E-state index in [1.54, 1.807) is 6.07 Å². The van der Waals surface area contributed by atoms with E-state index < -0.39 is 40.1 Å². The van der Waals surface area contributed by atoms with Gasteiger partial charge in [-0.1, -0.05) is 18.2 Å². The summed E-state index contributed by atoms with van der Waals surface area (Å²) < 4.78 is 39.2. The molecule has 0 aliphatic heterocycles. The molecule has 2 amide bonds. The molecule has 0 bridgehead atoms. The van der Waals surface area contributed by atoms with E-state index in [1.807, 2.05) is 0 Å². The third-order valence-corrected chi connectivity index (χ3v) is 3.91. The zero-order chi connectivity index (χ0) is 19.8. The topological polar surface area (TPSA) is 105 Å². The number of carbonyl (C=O) groups excluding carboxylic acids is 2. The van der Waals surface area contributed by atoms with Crippen LogP contribution >= 0.6 is 0 Å². The van der Waals surface area contributed by atoms with Crippen LogP contribution in [0, 0.1) is 0 Å². The predicted octanol–water partition coefficient (Wildman–Crippen LogP) is 2.90. The molecule has 0 aliphatic carbocycles. The number of hydrogen-bond acceptors (Lipinski definition) is 3. The normalized spacial score (nSPS) is 11.4. The Morgan fingerprint density at radius 2 is 1.70 bits per heavy atom. The summed E-state index contributed by atoms with van der Waals surface area (Å²) in [7, 11) is 0. The van der Waals surface area contributed by atoms with Gasteiger partial charge in [-0.05, 0) is 24.3 Å². The number of hydrogen-bond donors (Lipinski definition) is 3. The number of fused-ring (bicyclic) bond motifs is 1. The van der Waals surface area contributed by atoms with Crippen LogP contribution in [0.5, 0.6) is 0 Å². The summed E-state index contributed by atoms with van der Waals surface area (Å²) in [5, 5.41) is 2.10. The Morgan fingerprint density at radius 3 is 2.37 bits per heavy atom. The number of rotatable bonds is 3. The smallest absolute Gasteiger partial charge is 0.366 e. The zero-order valence-electron chi connectivity index (χ0n) is 13.6. The van der Waals surface area contributed by atoms with Crippen molar-refractivity contribution < 1.29 is 22.8 Å². The Hall–Kier alpha value is -3.62. The quantitative estimate of drug-likeness (QED) is 0.655. The Morgan fingerprint density at radius 1 is 1.00 bits per heavy atom. The average Bonchev–Trinajstić information content (AvgIpc) is 2.61. The molecule has 0 unspecified atom stereocenters. The number of amides is 2. The van der Waals surface area contributed by atoms with Crippen molar-refractivity contribution in [3.05, 3.63) is 75.6 Å². The van der Waals surface area contributed by atoms with Crippen LogP contribution in [0.1, 0.15) is 26.3 Å². The standard InChI is InChI=1S/C18H12F3N3O3/c19-18(20,21)12-6-3-5-10-14(12)23-8-11(15(10)25)17(27)24-13-7-2-1-4-9(13)16(22)26/h1-8H,(H2,22,26)(H,23,25)(H,24,27). The lowest BCUT2D eigenvalue weighted by atomic mass is 10.1. The van der Waals surface area contributed by atoms with Crippen LogP contribution in [0.2, 0.25) is 0 Å². The maximum atomic E-state index is 13.1. The molecule has 1 heterocycles. The molecule has 9 heteroatoms. The number of anilines is 1. The molecule has 4 N–H and O–H groups in total. The third kappa shape index (κ3) is 3.39. The number of carbonyl (C=O) groups is 2. The molecule has 2 aromatic carbocycles. The van der Waals surface area contributed by atoms with Gasteiger partial charge in [-0.2, -0.15) is 13.2 Å². The van der Waals surface area contributed by atoms with Crippen molar-refractivity contribution in [3.63, 3.8) is 0 Å². The number of para-hydroxylation sites is 2. The van der Waals surface area contributed by atoms with Crippen LogP contribution in [0.25, 0.3) is 10.9 Å². The molecule has 0 saturated heterocycles. The molecule has 0 aliphatic rings. The summed E-state index contributed by atoms with van der Waals surface area (Å²) in [6.45, 7) is 0. The van der Waals surface area contributed by atoms with E-state index in [4.69, 9.17) is 5.73 Å². The fraction of sp³-hybridized carbons (Fsp3) is 0.0556. The molecule has 0 fully saturated rings. The fourth-order valence-electron chi connectivity index (χ4n) is 2.65. The molecule has 0 atom stereocenters. The fourth-order valence-corrected chi connectivity index (χ4v) is 2.65. The number of nitrogens with one attached hydrogen (secondary N) is 2. The lowest BCUT2D eigenvalue weighted by Crippen LogP contribution is -2.24. The van der Waals surface area contributed by atoms with Crippen LogP contribution in [0.3, 0.4) is 0 Å². The van der Waals surface area contributed by atoms with Gasteiger partial charge in [0.2, 0.25) is 5.43 Å². The molecule has 0 radical (unpaired) electrons. The van der Waals surface area contributed by atoms with Gasteiger partial charge < -0.3 is 16.0 Å². The number of primary amides is 1. The number of benzene rings is 2. The van der Waals surface area contributed by atoms with Crippen LogP contribution < -0.4 is 16.5 Å². The number of nitrogens with two attached hydrogens (primary N) is 1. The van der Waals surface area contributed by atoms with Gasteiger partial charge in [0.25, 0.3) is 11.8 Å². The van der Waals surface area contributed by atoms with Gasteiger partial charge in [0.15, 0.2) is 0 Å². The molecule has 6 nitrogen and oxygen atoms in total. The summed E-state index contributed by atoms with van der Waals surface area (Å²) in [5.74, 6) is -1.67. The van der Waals surface area contributed by atoms with E-state index in [9.17, 15) is 27.6 Å². The minimum absolute atomic E-state index is 0.0300. The van der Waals surface area contributed by atoms with Crippen LogP contribution in [0.15, 0.2) is 53.5 Å². The van der Waals surface area contributed by atoms with Crippen molar-refractivity contribution in [1.29, 1.82) is 0 Å². The summed E-state index contributed by atoms with van der Waals surface area (Å²) in [5.41, 5.74) is 2.64. The maximum Gasteiger partial charge on any atom is 0.418 e. The number of aromatic nitrogens is 1. The van der Waals surface area contributed by atoms with Crippen LogP contribution in [-0.2, 0) is 6.18 Å². The molecule has 138 valence electrons. The highest BCUT2D eigenvalue weighted by molar-refractivity contribution is 6.09. The zero-order valence-corrected chi connectivity index (χ0v) is 13.6. The highest BCUT2D eigenvalue weighted by Gasteiger charge is 2.33. The lowest BCUT2D eigenvalue weighted by molar-refractivity contribution is -0.136. The van der Waals surface area contributed by atoms with Crippen LogP contribution in [-0.4, -0.2) is 16.8 Å². The van der Waals surface area contributed by atoms with Gasteiger partial charge in [-0.25, -0.2) is 0 Å². The first-order chi connectivity index (χ1) is 12.7. The van der Waals surface area contributed by atoms with Gasteiger partial charge in [-0.3, -0.25) is 14.4 Å². The van der Waals surface area contributed by atoms with Gasteiger partial charge in [0.05, 0.1) is 22.3 Å². The maximum absolute atomic E-state index is 13.1. The molecule has 0 spiro atoms. The number of aromatic amines is 1. The molecule has 27 heavy (non-hydrogen) atoms. The summed E-state index contributed by atoms with van der Waals surface area (Å²) in [4.78, 5) is 38.7. The Labute approximate surface area is 149 Å². The van der Waals surface area contributed by atoms with Gasteiger partial charge in [-0.15, -0.1) is 0 Å². The monoisotopic (exact) mass is 375 g/mol. The molecular weight excluding hydrogens is 363 g/mol. The second kappa shape index (κ2) is 6.60. The average molecular weight is 375 g/mol. The first kappa shape index (κ1) is 18.2. The molecule has 3 rings (SSSR count). The van der Waals surface area contributed by atoms with Gasteiger partial charge in [0, 0.05) is 11.6 Å². The molecule has 1 aromatic heterocycles. The van der Waals surface area contributed by atoms with Crippen molar-refractivity contribution >= 4 is 28.4 Å². The molecule has 0 saturated carbocycles. The highest BCUT2D eigenvalue weighted by Crippen LogP contribution is 2.33. The first-order valence-electron chi connectivity index (χ1n) is 7.62. The van der Waals surface area contributed by atoms with Crippen molar-refractivity contribution in [2.45, 2.75) is 6.18 Å². The summed E-state index contributed by atoms with van der Waals surface area (Å²) in [6, 6.07) is 9.00. The van der Waals surface area contributed by atoms with E-state index in [0.29, 0.717) is 0 Å². The molecule has 3 aromatic rings. The van der Waals surface area contributed by atoms with E-state index in [0.717, 1.165) is 18.3 Å². The highest BCUT2D eigenvalue weighted by atomic mass is 19.4. The lowest BCUT2D eigenvalue weighted by Gasteiger charge is -2.11. The number of H-pyrrole nitrogens is 1. The Balaban J connectivity index is 2.06. The van der Waals surface area contributed by atoms with Crippen molar-refractivity contribution in [1.82, 2.24) is 4.98 Å². The van der Waals surface area contributed by atoms with E-state index in [-0.39, 0.29) is 16.6 Å². The summed E-state index contributed by atoms with van der Waals surface area (Å²) in [6.07, 6.45) is -3.76. The van der Waals surface area contributed by atoms with Gasteiger partial charge >= 0.3 is 6.18 Å². The first-order valence-corrected chi connectivity index (χ1v) is 7.62. The van der Waals surface area contributed by atoms with E-state index >= 15 is 0 Å². The largest absolute Gasteiger partial charge is 0.418 e. The van der Waals surface area contributed by atoms with Crippen LogP contribution in [0.4, 0.5) is 18.9 Å². The van der Waals surface area contributed by atoms with Crippen molar-refractivity contribution in [2.75, 3.05) is 5.32 Å². The minimum Gasteiger partial charge on any atom is -0.366 e. The Bertz CT molecular complexity index is 1120. The van der Waals surface area contributed by atoms with E-state index in [1.165, 1.54) is 24.3 Å². The van der Waals surface area contributed by atoms with Gasteiger partial charge in [0.1, 0.15) is 5.56 Å². The molecular formula is C18H12F3N3O3. The number of alkyl halides is 3. The second-order valence-corrected chi connectivity index (χ2v) is 5.62. The third-order valence-electron chi connectivity index (χ3n) is 3.91.